The number of carbonyl (C=O) groups excluding carboxylic acids is 2. The summed E-state index contributed by atoms with van der Waals surface area (Å²) in [5.74, 6) is -0.754. The number of hydrogen-bond acceptors (Lipinski definition) is 5. The maximum atomic E-state index is 11.9. The molecule has 0 fully saturated rings. The fraction of sp³-hybridized carbons (Fsp3) is 0.857. The first-order valence-corrected chi connectivity index (χ1v) is 7.01. The summed E-state index contributed by atoms with van der Waals surface area (Å²) in [6.07, 6.45) is 2.54. The predicted octanol–water partition coefficient (Wildman–Crippen LogP) is 2.76. The summed E-state index contributed by atoms with van der Waals surface area (Å²) in [5.41, 5.74) is -1.15. The number of ether oxygens (including phenoxy) is 1. The lowest BCUT2D eigenvalue weighted by atomic mass is 9.87. The summed E-state index contributed by atoms with van der Waals surface area (Å²) in [6.45, 7) is 6.52. The van der Waals surface area contributed by atoms with Crippen LogP contribution in [0, 0.1) is 16.0 Å². The van der Waals surface area contributed by atoms with Crippen LogP contribution in [0.15, 0.2) is 0 Å². The van der Waals surface area contributed by atoms with Crippen LogP contribution < -0.4 is 0 Å². The van der Waals surface area contributed by atoms with Crippen LogP contribution in [0.5, 0.6) is 0 Å². The van der Waals surface area contributed by atoms with Crippen molar-refractivity contribution in [3.63, 3.8) is 0 Å². The molecule has 0 spiro atoms. The second-order valence-corrected chi connectivity index (χ2v) is 5.67. The van der Waals surface area contributed by atoms with Crippen LogP contribution in [0.4, 0.5) is 0 Å². The minimum atomic E-state index is -1.15. The highest BCUT2D eigenvalue weighted by Crippen LogP contribution is 2.25. The molecular formula is C14H25NO5. The van der Waals surface area contributed by atoms with Crippen LogP contribution in [0.1, 0.15) is 59.8 Å². The smallest absolute Gasteiger partial charge is 0.309 e. The Morgan fingerprint density at radius 1 is 1.30 bits per heavy atom. The normalized spacial score (nSPS) is 12.8. The van der Waals surface area contributed by atoms with Crippen LogP contribution in [0.2, 0.25) is 0 Å². The number of ketones is 1. The molecule has 0 aliphatic heterocycles. The van der Waals surface area contributed by atoms with Crippen molar-refractivity contribution in [1.82, 2.24) is 0 Å². The van der Waals surface area contributed by atoms with Gasteiger partial charge < -0.3 is 9.53 Å². The van der Waals surface area contributed by atoms with Crippen LogP contribution in [0.25, 0.3) is 0 Å². The van der Waals surface area contributed by atoms with Crippen molar-refractivity contribution < 1.29 is 19.2 Å². The van der Waals surface area contributed by atoms with E-state index in [1.54, 1.807) is 6.92 Å². The van der Waals surface area contributed by atoms with Gasteiger partial charge in [-0.25, -0.2) is 0 Å². The van der Waals surface area contributed by atoms with Gasteiger partial charge in [0.25, 0.3) is 0 Å². The summed E-state index contributed by atoms with van der Waals surface area (Å²) in [6, 6.07) is 0. The summed E-state index contributed by atoms with van der Waals surface area (Å²) in [4.78, 5) is 33.3. The van der Waals surface area contributed by atoms with Crippen molar-refractivity contribution in [2.45, 2.75) is 65.3 Å². The molecular weight excluding hydrogens is 262 g/mol. The lowest BCUT2D eigenvalue weighted by Gasteiger charge is -2.22. The van der Waals surface area contributed by atoms with E-state index in [0.717, 1.165) is 0 Å². The third kappa shape index (κ3) is 7.21. The van der Waals surface area contributed by atoms with Gasteiger partial charge in [-0.1, -0.05) is 6.42 Å². The highest BCUT2D eigenvalue weighted by atomic mass is 16.6. The Bertz CT molecular complexity index is 351. The number of unbranched alkanes of at least 4 members (excludes halogenated alkanes) is 1. The van der Waals surface area contributed by atoms with Crippen molar-refractivity contribution in [2.75, 3.05) is 6.61 Å². The second kappa shape index (κ2) is 8.66. The van der Waals surface area contributed by atoms with Crippen molar-refractivity contribution in [3.05, 3.63) is 10.1 Å². The molecule has 0 bridgehead atoms. The largest absolute Gasteiger partial charge is 0.466 e. The molecule has 0 aliphatic rings. The van der Waals surface area contributed by atoms with Gasteiger partial charge in [0.1, 0.15) is 5.78 Å². The first-order chi connectivity index (χ1) is 9.20. The quantitative estimate of drug-likeness (QED) is 0.267. The minimum Gasteiger partial charge on any atom is -0.466 e. The zero-order valence-corrected chi connectivity index (χ0v) is 12.8. The standard InChI is InChI=1S/C14H25NO5/c1-5-20-13(17)12(9-7-6-8-11(2)16)10-14(3,4)15(18)19/h12H,5-10H2,1-4H3. The summed E-state index contributed by atoms with van der Waals surface area (Å²) < 4.78 is 4.98. The van der Waals surface area contributed by atoms with E-state index in [0.29, 0.717) is 25.7 Å². The molecule has 116 valence electrons. The highest BCUT2D eigenvalue weighted by Gasteiger charge is 2.37. The van der Waals surface area contributed by atoms with E-state index in [4.69, 9.17) is 4.74 Å². The Labute approximate surface area is 120 Å². The lowest BCUT2D eigenvalue weighted by molar-refractivity contribution is -0.562. The molecule has 0 aromatic carbocycles. The van der Waals surface area contributed by atoms with E-state index in [1.165, 1.54) is 20.8 Å². The van der Waals surface area contributed by atoms with Gasteiger partial charge in [-0.3, -0.25) is 14.9 Å². The molecule has 0 saturated heterocycles. The number of nitro groups is 1. The molecule has 0 aliphatic carbocycles. The van der Waals surface area contributed by atoms with Crippen molar-refractivity contribution in [1.29, 1.82) is 0 Å². The van der Waals surface area contributed by atoms with Gasteiger partial charge in [-0.2, -0.15) is 0 Å². The Hall–Kier alpha value is -1.46. The molecule has 1 atom stereocenters. The Balaban J connectivity index is 4.53. The van der Waals surface area contributed by atoms with Crippen molar-refractivity contribution in [2.24, 2.45) is 5.92 Å². The highest BCUT2D eigenvalue weighted by molar-refractivity contribution is 5.75. The third-order valence-electron chi connectivity index (χ3n) is 3.19. The monoisotopic (exact) mass is 287 g/mol. The molecule has 0 amide bonds. The average molecular weight is 287 g/mol. The van der Waals surface area contributed by atoms with Crippen LogP contribution in [0.3, 0.4) is 0 Å². The first kappa shape index (κ1) is 18.5. The number of hydrogen-bond donors (Lipinski definition) is 0. The molecule has 6 heteroatoms. The molecule has 0 radical (unpaired) electrons. The summed E-state index contributed by atoms with van der Waals surface area (Å²) in [5, 5.41) is 11.0. The number of Topliss-reactive ketones (excluding diaryl/α,β-unsaturated/α-hetero) is 1. The summed E-state index contributed by atoms with van der Waals surface area (Å²) >= 11 is 0. The predicted molar refractivity (Wildman–Crippen MR) is 75.0 cm³/mol. The zero-order chi connectivity index (χ0) is 15.8. The van der Waals surface area contributed by atoms with Gasteiger partial charge in [-0.05, 0) is 26.7 Å². The van der Waals surface area contributed by atoms with E-state index in [1.807, 2.05) is 0 Å². The Morgan fingerprint density at radius 3 is 2.35 bits per heavy atom. The molecule has 0 heterocycles. The fourth-order valence-electron chi connectivity index (χ4n) is 2.01. The number of carbonyl (C=O) groups is 2. The molecule has 0 N–H and O–H groups in total. The number of esters is 1. The Kier molecular flexibility index (Phi) is 8.03. The third-order valence-corrected chi connectivity index (χ3v) is 3.19. The molecule has 0 saturated carbocycles. The maximum absolute atomic E-state index is 11.9. The molecule has 0 rings (SSSR count). The SMILES string of the molecule is CCOC(=O)C(CCCCC(C)=O)CC(C)(C)[N+](=O)[O-]. The molecule has 0 aromatic heterocycles. The van der Waals surface area contributed by atoms with Crippen LogP contribution in [-0.4, -0.2) is 28.8 Å². The van der Waals surface area contributed by atoms with E-state index >= 15 is 0 Å². The van der Waals surface area contributed by atoms with E-state index in [2.05, 4.69) is 0 Å². The summed E-state index contributed by atoms with van der Waals surface area (Å²) in [7, 11) is 0. The van der Waals surface area contributed by atoms with E-state index in [9.17, 15) is 19.7 Å². The molecule has 20 heavy (non-hydrogen) atoms. The number of nitrogens with zero attached hydrogens (tertiary/aromatic N) is 1. The first-order valence-electron chi connectivity index (χ1n) is 7.01. The van der Waals surface area contributed by atoms with Crippen molar-refractivity contribution in [3.8, 4) is 0 Å². The zero-order valence-electron chi connectivity index (χ0n) is 12.8. The Morgan fingerprint density at radius 2 is 1.90 bits per heavy atom. The van der Waals surface area contributed by atoms with Gasteiger partial charge in [-0.15, -0.1) is 0 Å². The van der Waals surface area contributed by atoms with E-state index < -0.39 is 11.5 Å². The van der Waals surface area contributed by atoms with Gasteiger partial charge >= 0.3 is 5.97 Å². The topological polar surface area (TPSA) is 86.5 Å². The van der Waals surface area contributed by atoms with Crippen LogP contribution in [-0.2, 0) is 14.3 Å². The van der Waals surface area contributed by atoms with Gasteiger partial charge in [0.15, 0.2) is 0 Å². The molecule has 1 unspecified atom stereocenters. The van der Waals surface area contributed by atoms with Crippen LogP contribution >= 0.6 is 0 Å². The van der Waals surface area contributed by atoms with E-state index in [-0.39, 0.29) is 29.7 Å². The van der Waals surface area contributed by atoms with Crippen molar-refractivity contribution >= 4 is 11.8 Å². The molecule has 0 aromatic rings. The fourth-order valence-corrected chi connectivity index (χ4v) is 2.01. The second-order valence-electron chi connectivity index (χ2n) is 5.67. The minimum absolute atomic E-state index is 0.114. The van der Waals surface area contributed by atoms with Gasteiger partial charge in [0.05, 0.1) is 12.5 Å². The maximum Gasteiger partial charge on any atom is 0.309 e. The van der Waals surface area contributed by atoms with Gasteiger partial charge in [0, 0.05) is 31.6 Å². The lowest BCUT2D eigenvalue weighted by Crippen LogP contribution is -2.36. The number of rotatable bonds is 10. The average Bonchev–Trinajstić information content (AvgIpc) is 2.32. The van der Waals surface area contributed by atoms with Gasteiger partial charge in [0.2, 0.25) is 5.54 Å². The molecule has 6 nitrogen and oxygen atoms in total.